The molecular formula is C21H21N3O5. The van der Waals surface area contributed by atoms with Crippen LogP contribution in [0.5, 0.6) is 0 Å². The van der Waals surface area contributed by atoms with E-state index in [1.54, 1.807) is 24.3 Å². The molecule has 2 N–H and O–H groups in total. The smallest absolute Gasteiger partial charge is 0.407 e. The molecule has 0 aliphatic carbocycles. The first-order valence-corrected chi connectivity index (χ1v) is 9.18. The summed E-state index contributed by atoms with van der Waals surface area (Å²) in [6.07, 6.45) is -0.600. The topological polar surface area (TPSA) is 105 Å². The number of nitrogens with zero attached hydrogens (tertiary/aromatic N) is 1. The first-order valence-electron chi connectivity index (χ1n) is 9.18. The monoisotopic (exact) mass is 395 g/mol. The number of carbonyl (C=O) groups excluding carboxylic acids is 4. The number of alkyl carbamates (subject to hydrolysis) is 1. The molecule has 0 fully saturated rings. The van der Waals surface area contributed by atoms with Crippen LogP contribution in [-0.2, 0) is 16.1 Å². The molecule has 3 rings (SSSR count). The van der Waals surface area contributed by atoms with Crippen LogP contribution in [-0.4, -0.2) is 47.8 Å². The Kier molecular flexibility index (Phi) is 6.23. The van der Waals surface area contributed by atoms with Crippen molar-refractivity contribution in [1.82, 2.24) is 15.5 Å². The minimum atomic E-state index is -0.965. The molecule has 1 heterocycles. The van der Waals surface area contributed by atoms with Crippen molar-refractivity contribution in [1.29, 1.82) is 0 Å². The fourth-order valence-electron chi connectivity index (χ4n) is 2.95. The molecule has 1 aliphatic rings. The van der Waals surface area contributed by atoms with E-state index in [2.05, 4.69) is 10.6 Å². The average molecular weight is 395 g/mol. The van der Waals surface area contributed by atoms with Crippen molar-refractivity contribution in [3.8, 4) is 0 Å². The maximum atomic E-state index is 12.4. The Bertz CT molecular complexity index is 894. The zero-order chi connectivity index (χ0) is 20.8. The molecular weight excluding hydrogens is 374 g/mol. The van der Waals surface area contributed by atoms with Crippen LogP contribution in [0.2, 0.25) is 0 Å². The molecule has 1 aliphatic heterocycles. The van der Waals surface area contributed by atoms with Gasteiger partial charge in [-0.05, 0) is 24.6 Å². The maximum absolute atomic E-state index is 12.4. The Balaban J connectivity index is 1.41. The van der Waals surface area contributed by atoms with Gasteiger partial charge < -0.3 is 15.4 Å². The predicted octanol–water partition coefficient (Wildman–Crippen LogP) is 1.71. The molecule has 29 heavy (non-hydrogen) atoms. The van der Waals surface area contributed by atoms with Crippen molar-refractivity contribution < 1.29 is 23.9 Å². The van der Waals surface area contributed by atoms with Gasteiger partial charge in [0.15, 0.2) is 0 Å². The molecule has 150 valence electrons. The van der Waals surface area contributed by atoms with Gasteiger partial charge in [-0.25, -0.2) is 4.79 Å². The Labute approximate surface area is 167 Å². The first kappa shape index (κ1) is 20.1. The second-order valence-corrected chi connectivity index (χ2v) is 6.48. The molecule has 2 aromatic rings. The summed E-state index contributed by atoms with van der Waals surface area (Å²) in [6.45, 7) is 1.91. The minimum Gasteiger partial charge on any atom is -0.445 e. The molecule has 2 aromatic carbocycles. The Morgan fingerprint density at radius 1 is 0.897 bits per heavy atom. The highest BCUT2D eigenvalue weighted by Crippen LogP contribution is 2.24. The molecule has 0 radical (unpaired) electrons. The van der Waals surface area contributed by atoms with Crippen molar-refractivity contribution in [3.63, 3.8) is 0 Å². The highest BCUT2D eigenvalue weighted by Gasteiger charge is 2.40. The predicted molar refractivity (Wildman–Crippen MR) is 104 cm³/mol. The number of fused-ring (bicyclic) bond motifs is 1. The Hall–Kier alpha value is -3.68. The number of hydrogen-bond donors (Lipinski definition) is 2. The van der Waals surface area contributed by atoms with Crippen LogP contribution in [0.15, 0.2) is 54.6 Å². The van der Waals surface area contributed by atoms with E-state index in [1.165, 1.54) is 6.92 Å². The van der Waals surface area contributed by atoms with E-state index in [-0.39, 0.29) is 19.7 Å². The molecule has 8 nitrogen and oxygen atoms in total. The normalized spacial score (nSPS) is 13.6. The summed E-state index contributed by atoms with van der Waals surface area (Å²) in [5, 5.41) is 5.13. The van der Waals surface area contributed by atoms with Crippen molar-refractivity contribution >= 4 is 23.8 Å². The van der Waals surface area contributed by atoms with Crippen LogP contribution >= 0.6 is 0 Å². The van der Waals surface area contributed by atoms with Gasteiger partial charge in [-0.15, -0.1) is 0 Å². The molecule has 8 heteroatoms. The van der Waals surface area contributed by atoms with E-state index in [1.807, 2.05) is 30.3 Å². The maximum Gasteiger partial charge on any atom is 0.407 e. The SMILES string of the molecule is CC(C(=O)NCCNC(=O)OCc1ccccc1)N1C(=O)c2ccccc2C1=O. The third-order valence-corrected chi connectivity index (χ3v) is 4.50. The van der Waals surface area contributed by atoms with Gasteiger partial charge in [-0.1, -0.05) is 42.5 Å². The van der Waals surface area contributed by atoms with Crippen molar-refractivity contribution in [3.05, 3.63) is 71.3 Å². The van der Waals surface area contributed by atoms with Gasteiger partial charge in [0.25, 0.3) is 11.8 Å². The third kappa shape index (κ3) is 4.60. The lowest BCUT2D eigenvalue weighted by Crippen LogP contribution is -2.49. The van der Waals surface area contributed by atoms with Crippen LogP contribution in [0, 0.1) is 0 Å². The van der Waals surface area contributed by atoms with Crippen LogP contribution in [0.3, 0.4) is 0 Å². The number of amides is 4. The van der Waals surface area contributed by atoms with Gasteiger partial charge in [0.2, 0.25) is 5.91 Å². The Morgan fingerprint density at radius 2 is 1.45 bits per heavy atom. The van der Waals surface area contributed by atoms with Crippen molar-refractivity contribution in [2.24, 2.45) is 0 Å². The van der Waals surface area contributed by atoms with Gasteiger partial charge >= 0.3 is 6.09 Å². The summed E-state index contributed by atoms with van der Waals surface area (Å²) in [7, 11) is 0. The molecule has 0 spiro atoms. The lowest BCUT2D eigenvalue weighted by Gasteiger charge is -2.21. The molecule has 0 saturated carbocycles. The second-order valence-electron chi connectivity index (χ2n) is 6.48. The summed E-state index contributed by atoms with van der Waals surface area (Å²) in [5.74, 6) is -1.47. The van der Waals surface area contributed by atoms with E-state index in [0.29, 0.717) is 11.1 Å². The fraction of sp³-hybridized carbons (Fsp3) is 0.238. The number of nitrogens with one attached hydrogen (secondary N) is 2. The first-order chi connectivity index (χ1) is 14.0. The lowest BCUT2D eigenvalue weighted by molar-refractivity contribution is -0.124. The van der Waals surface area contributed by atoms with Crippen LogP contribution < -0.4 is 10.6 Å². The van der Waals surface area contributed by atoms with Crippen LogP contribution in [0.1, 0.15) is 33.2 Å². The third-order valence-electron chi connectivity index (χ3n) is 4.50. The van der Waals surface area contributed by atoms with Gasteiger partial charge in [0, 0.05) is 13.1 Å². The summed E-state index contributed by atoms with van der Waals surface area (Å²) in [4.78, 5) is 49.8. The Morgan fingerprint density at radius 3 is 2.07 bits per heavy atom. The molecule has 0 aromatic heterocycles. The number of rotatable bonds is 7. The van der Waals surface area contributed by atoms with E-state index < -0.39 is 29.9 Å². The zero-order valence-electron chi connectivity index (χ0n) is 15.9. The summed E-state index contributed by atoms with van der Waals surface area (Å²) < 4.78 is 5.07. The summed E-state index contributed by atoms with van der Waals surface area (Å²) in [6, 6.07) is 14.7. The van der Waals surface area contributed by atoms with Crippen LogP contribution in [0.4, 0.5) is 4.79 Å². The zero-order valence-corrected chi connectivity index (χ0v) is 15.9. The van der Waals surface area contributed by atoms with Crippen LogP contribution in [0.25, 0.3) is 0 Å². The van der Waals surface area contributed by atoms with Gasteiger partial charge in [0.1, 0.15) is 12.6 Å². The number of carbonyl (C=O) groups is 4. The lowest BCUT2D eigenvalue weighted by atomic mass is 10.1. The van der Waals surface area contributed by atoms with Crippen molar-refractivity contribution in [2.75, 3.05) is 13.1 Å². The van der Waals surface area contributed by atoms with E-state index in [0.717, 1.165) is 10.5 Å². The number of imide groups is 1. The molecule has 1 atom stereocenters. The largest absolute Gasteiger partial charge is 0.445 e. The van der Waals surface area contributed by atoms with Gasteiger partial charge in [0.05, 0.1) is 11.1 Å². The minimum absolute atomic E-state index is 0.132. The van der Waals surface area contributed by atoms with Crippen molar-refractivity contribution in [2.45, 2.75) is 19.6 Å². The van der Waals surface area contributed by atoms with Gasteiger partial charge in [-0.3, -0.25) is 19.3 Å². The summed E-state index contributed by atoms with van der Waals surface area (Å²) in [5.41, 5.74) is 1.45. The number of benzene rings is 2. The molecule has 1 unspecified atom stereocenters. The highest BCUT2D eigenvalue weighted by molar-refractivity contribution is 6.22. The average Bonchev–Trinajstić information content (AvgIpc) is 3.00. The van der Waals surface area contributed by atoms with E-state index in [9.17, 15) is 19.2 Å². The molecule has 0 bridgehead atoms. The van der Waals surface area contributed by atoms with E-state index in [4.69, 9.17) is 4.74 Å². The molecule has 4 amide bonds. The number of ether oxygens (including phenoxy) is 1. The van der Waals surface area contributed by atoms with E-state index >= 15 is 0 Å². The summed E-state index contributed by atoms with van der Waals surface area (Å²) >= 11 is 0. The highest BCUT2D eigenvalue weighted by atomic mass is 16.5. The standard InChI is InChI=1S/C21H21N3O5/c1-14(24-19(26)16-9-5-6-10-17(16)20(24)27)18(25)22-11-12-23-21(28)29-13-15-7-3-2-4-8-15/h2-10,14H,11-13H2,1H3,(H,22,25)(H,23,28). The molecule has 0 saturated heterocycles. The quantitative estimate of drug-likeness (QED) is 0.549. The second kappa shape index (κ2) is 9.01. The number of hydrogen-bond acceptors (Lipinski definition) is 5. The van der Waals surface area contributed by atoms with Gasteiger partial charge in [-0.2, -0.15) is 0 Å². The fourth-order valence-corrected chi connectivity index (χ4v) is 2.95.